The number of hydrogen-bond acceptors (Lipinski definition) is 3. The number of hydrogen-bond donors (Lipinski definition) is 0. The Labute approximate surface area is 151 Å². The average molecular weight is 409 g/mol. The van der Waals surface area contributed by atoms with Gasteiger partial charge in [0.15, 0.2) is 0 Å². The Hall–Kier alpha value is -1.99. The molecule has 25 heavy (non-hydrogen) atoms. The van der Waals surface area contributed by atoms with Gasteiger partial charge in [-0.15, -0.1) is 0 Å². The zero-order chi connectivity index (χ0) is 17.6. The van der Waals surface area contributed by atoms with Gasteiger partial charge in [0, 0.05) is 29.3 Å². The number of pyridine rings is 1. The monoisotopic (exact) mass is 408 g/mol. The third kappa shape index (κ3) is 2.81. The first-order valence-electron chi connectivity index (χ1n) is 7.82. The maximum atomic E-state index is 12.8. The van der Waals surface area contributed by atoms with Crippen LogP contribution in [-0.2, 0) is 4.74 Å². The van der Waals surface area contributed by atoms with Gasteiger partial charge in [0.2, 0.25) is 0 Å². The normalized spacial score (nSPS) is 19.6. The lowest BCUT2D eigenvalue weighted by atomic mass is 9.95. The first-order chi connectivity index (χ1) is 12.1. The highest BCUT2D eigenvalue weighted by atomic mass is 79.9. The van der Waals surface area contributed by atoms with E-state index in [0.717, 1.165) is 21.5 Å². The second kappa shape index (κ2) is 6.38. The number of ether oxygens (including phenoxy) is 2. The number of nitrogens with zero attached hydrogens (tertiary/aromatic N) is 2. The molecule has 0 saturated heterocycles. The SMILES string of the molecule is COC1CC(c2ccccc2OC(F)F)c2c1nc1ccc(Br)cn21. The van der Waals surface area contributed by atoms with E-state index >= 15 is 0 Å². The number of rotatable bonds is 4. The lowest BCUT2D eigenvalue weighted by molar-refractivity contribution is -0.0506. The van der Waals surface area contributed by atoms with Gasteiger partial charge in [0.05, 0.1) is 11.4 Å². The molecular formula is C18H15BrF2N2O2. The van der Waals surface area contributed by atoms with Crippen LogP contribution in [0.25, 0.3) is 5.65 Å². The number of aromatic nitrogens is 2. The number of methoxy groups -OCH3 is 1. The molecule has 130 valence electrons. The number of alkyl halides is 2. The predicted octanol–water partition coefficient (Wildman–Crippen LogP) is 4.92. The van der Waals surface area contributed by atoms with Crippen molar-refractivity contribution in [2.45, 2.75) is 25.1 Å². The summed E-state index contributed by atoms with van der Waals surface area (Å²) in [6, 6.07) is 10.7. The van der Waals surface area contributed by atoms with E-state index < -0.39 is 6.61 Å². The van der Waals surface area contributed by atoms with Crippen LogP contribution in [0, 0.1) is 0 Å². The van der Waals surface area contributed by atoms with E-state index in [1.54, 1.807) is 19.2 Å². The van der Waals surface area contributed by atoms with Gasteiger partial charge in [0.25, 0.3) is 0 Å². The van der Waals surface area contributed by atoms with Gasteiger partial charge in [-0.1, -0.05) is 18.2 Å². The summed E-state index contributed by atoms with van der Waals surface area (Å²) in [5, 5.41) is 0. The summed E-state index contributed by atoms with van der Waals surface area (Å²) in [6.07, 6.45) is 2.38. The molecule has 2 aromatic heterocycles. The smallest absolute Gasteiger partial charge is 0.387 e. The Morgan fingerprint density at radius 2 is 2.04 bits per heavy atom. The van der Waals surface area contributed by atoms with Gasteiger partial charge in [-0.2, -0.15) is 8.78 Å². The maximum Gasteiger partial charge on any atom is 0.387 e. The van der Waals surface area contributed by atoms with Crippen LogP contribution in [0.5, 0.6) is 5.75 Å². The molecule has 1 aliphatic carbocycles. The van der Waals surface area contributed by atoms with Crippen LogP contribution in [0.3, 0.4) is 0 Å². The second-order valence-corrected chi connectivity index (χ2v) is 6.80. The third-order valence-corrected chi connectivity index (χ3v) is 5.00. The van der Waals surface area contributed by atoms with Gasteiger partial charge in [-0.05, 0) is 40.5 Å². The summed E-state index contributed by atoms with van der Waals surface area (Å²) < 4.78 is 38.8. The fourth-order valence-corrected chi connectivity index (χ4v) is 3.87. The summed E-state index contributed by atoms with van der Waals surface area (Å²) >= 11 is 3.48. The van der Waals surface area contributed by atoms with E-state index in [1.165, 1.54) is 0 Å². The molecule has 0 bridgehead atoms. The quantitative estimate of drug-likeness (QED) is 0.614. The molecule has 2 atom stereocenters. The van der Waals surface area contributed by atoms with Crippen molar-refractivity contribution in [3.05, 3.63) is 64.0 Å². The lowest BCUT2D eigenvalue weighted by Crippen LogP contribution is -2.08. The standard InChI is InChI=1S/C18H15BrF2N2O2/c1-24-14-8-12(11-4-2-3-5-13(11)25-18(20)21)17-16(14)22-15-7-6-10(19)9-23(15)17/h2-7,9,12,14,18H,8H2,1H3. The fraction of sp³-hybridized carbons (Fsp3) is 0.278. The minimum atomic E-state index is -2.86. The van der Waals surface area contributed by atoms with Crippen LogP contribution in [0.2, 0.25) is 0 Å². The van der Waals surface area contributed by atoms with Crippen molar-refractivity contribution in [1.82, 2.24) is 9.38 Å². The number of benzene rings is 1. The zero-order valence-electron chi connectivity index (χ0n) is 13.3. The highest BCUT2D eigenvalue weighted by molar-refractivity contribution is 9.10. The van der Waals surface area contributed by atoms with Gasteiger partial charge < -0.3 is 13.9 Å². The molecule has 1 aliphatic rings. The molecule has 0 spiro atoms. The van der Waals surface area contributed by atoms with Crippen LogP contribution in [0.1, 0.15) is 35.4 Å². The molecule has 4 nitrogen and oxygen atoms in total. The van der Waals surface area contributed by atoms with Crippen molar-refractivity contribution in [2.75, 3.05) is 7.11 Å². The molecule has 0 N–H and O–H groups in total. The van der Waals surface area contributed by atoms with Gasteiger partial charge in [0.1, 0.15) is 17.5 Å². The topological polar surface area (TPSA) is 35.8 Å². The Morgan fingerprint density at radius 3 is 2.80 bits per heavy atom. The van der Waals surface area contributed by atoms with Crippen LogP contribution in [0.15, 0.2) is 47.1 Å². The van der Waals surface area contributed by atoms with Crippen LogP contribution >= 0.6 is 15.9 Å². The summed E-state index contributed by atoms with van der Waals surface area (Å²) in [5.74, 6) is 0.0503. The minimum Gasteiger partial charge on any atom is -0.435 e. The zero-order valence-corrected chi connectivity index (χ0v) is 14.9. The molecule has 0 saturated carbocycles. The molecule has 3 aromatic rings. The number of para-hydroxylation sites is 1. The second-order valence-electron chi connectivity index (χ2n) is 5.89. The molecule has 0 amide bonds. The Morgan fingerprint density at radius 1 is 1.24 bits per heavy atom. The maximum absolute atomic E-state index is 12.8. The van der Waals surface area contributed by atoms with Crippen molar-refractivity contribution in [3.63, 3.8) is 0 Å². The Kier molecular flexibility index (Phi) is 4.21. The molecule has 1 aromatic carbocycles. The molecule has 0 aliphatic heterocycles. The van der Waals surface area contributed by atoms with Gasteiger partial charge >= 0.3 is 6.61 Å². The molecule has 7 heteroatoms. The first-order valence-corrected chi connectivity index (χ1v) is 8.61. The fourth-order valence-electron chi connectivity index (χ4n) is 3.53. The molecule has 4 rings (SSSR count). The first kappa shape index (κ1) is 16.5. The van der Waals surface area contributed by atoms with Crippen molar-refractivity contribution >= 4 is 21.6 Å². The minimum absolute atomic E-state index is 0.140. The van der Waals surface area contributed by atoms with Crippen LogP contribution in [-0.4, -0.2) is 23.1 Å². The summed E-state index contributed by atoms with van der Waals surface area (Å²) in [6.45, 7) is -2.86. The molecule has 2 unspecified atom stereocenters. The third-order valence-electron chi connectivity index (χ3n) is 4.53. The number of fused-ring (bicyclic) bond motifs is 3. The molecule has 2 heterocycles. The molecule has 0 radical (unpaired) electrons. The Balaban J connectivity index is 1.89. The lowest BCUT2D eigenvalue weighted by Gasteiger charge is -2.17. The van der Waals surface area contributed by atoms with Crippen LogP contribution in [0.4, 0.5) is 8.78 Å². The number of halogens is 3. The van der Waals surface area contributed by atoms with Crippen LogP contribution < -0.4 is 4.74 Å². The summed E-state index contributed by atoms with van der Waals surface area (Å²) in [5.41, 5.74) is 3.31. The number of imidazole rings is 1. The molecule has 0 fully saturated rings. The molecular weight excluding hydrogens is 394 g/mol. The van der Waals surface area contributed by atoms with Crippen molar-refractivity contribution in [3.8, 4) is 5.75 Å². The van der Waals surface area contributed by atoms with E-state index in [9.17, 15) is 8.78 Å². The van der Waals surface area contributed by atoms with Gasteiger partial charge in [-0.3, -0.25) is 0 Å². The van der Waals surface area contributed by atoms with E-state index in [1.807, 2.05) is 34.9 Å². The average Bonchev–Trinajstić information content (AvgIpc) is 3.12. The highest BCUT2D eigenvalue weighted by Gasteiger charge is 2.38. The van der Waals surface area contributed by atoms with E-state index in [4.69, 9.17) is 9.47 Å². The summed E-state index contributed by atoms with van der Waals surface area (Å²) in [4.78, 5) is 4.68. The van der Waals surface area contributed by atoms with Crippen molar-refractivity contribution < 1.29 is 18.3 Å². The van der Waals surface area contributed by atoms with Crippen molar-refractivity contribution in [1.29, 1.82) is 0 Å². The van der Waals surface area contributed by atoms with Crippen molar-refractivity contribution in [2.24, 2.45) is 0 Å². The highest BCUT2D eigenvalue weighted by Crippen LogP contribution is 2.48. The predicted molar refractivity (Wildman–Crippen MR) is 92.2 cm³/mol. The largest absolute Gasteiger partial charge is 0.435 e. The Bertz CT molecular complexity index is 929. The van der Waals surface area contributed by atoms with Gasteiger partial charge in [-0.25, -0.2) is 4.98 Å². The van der Waals surface area contributed by atoms with E-state index in [-0.39, 0.29) is 17.8 Å². The summed E-state index contributed by atoms with van der Waals surface area (Å²) in [7, 11) is 1.64. The van der Waals surface area contributed by atoms with E-state index in [0.29, 0.717) is 12.0 Å². The van der Waals surface area contributed by atoms with E-state index in [2.05, 4.69) is 20.9 Å².